The number of benzene rings is 1. The van der Waals surface area contributed by atoms with E-state index in [9.17, 15) is 8.78 Å². The van der Waals surface area contributed by atoms with Crippen molar-refractivity contribution in [3.8, 4) is 11.6 Å². The molecular weight excluding hydrogens is 346 g/mol. The van der Waals surface area contributed by atoms with Crippen LogP contribution in [0.3, 0.4) is 0 Å². The van der Waals surface area contributed by atoms with Gasteiger partial charge < -0.3 is 4.74 Å². The molecule has 0 amide bonds. The van der Waals surface area contributed by atoms with Gasteiger partial charge in [0.05, 0.1) is 18.1 Å². The van der Waals surface area contributed by atoms with Crippen LogP contribution >= 0.6 is 23.4 Å². The Kier molecular flexibility index (Phi) is 4.36. The maximum atomic E-state index is 13.4. The van der Waals surface area contributed by atoms with Crippen LogP contribution in [-0.4, -0.2) is 32.9 Å². The Hall–Kier alpha value is -1.93. The van der Waals surface area contributed by atoms with Gasteiger partial charge in [-0.1, -0.05) is 23.4 Å². The van der Waals surface area contributed by atoms with Crippen LogP contribution in [0.1, 0.15) is 12.2 Å². The summed E-state index contributed by atoms with van der Waals surface area (Å²) in [6.07, 6.45) is -0.988. The van der Waals surface area contributed by atoms with Crippen molar-refractivity contribution in [2.75, 3.05) is 13.4 Å². The number of aromatic nitrogens is 4. The number of imidazole rings is 1. The molecule has 0 bridgehead atoms. The molecule has 0 saturated carbocycles. The summed E-state index contributed by atoms with van der Waals surface area (Å²) >= 11 is 7.25. The van der Waals surface area contributed by atoms with Gasteiger partial charge in [0.15, 0.2) is 11.0 Å². The Bertz CT molecular complexity index is 871. The number of methoxy groups -OCH3 is 1. The first-order valence-electron chi connectivity index (χ1n) is 6.47. The Morgan fingerprint density at radius 3 is 2.65 bits per heavy atom. The summed E-state index contributed by atoms with van der Waals surface area (Å²) < 4.78 is 33.3. The molecule has 23 heavy (non-hydrogen) atoms. The minimum absolute atomic E-state index is 0.171. The van der Waals surface area contributed by atoms with E-state index in [1.54, 1.807) is 24.5 Å². The minimum atomic E-state index is -2.76. The molecule has 0 unspecified atom stereocenters. The summed E-state index contributed by atoms with van der Waals surface area (Å²) in [7, 11) is 1.50. The Morgan fingerprint density at radius 1 is 1.22 bits per heavy atom. The SMILES string of the molecule is COc1ccc2nc(C(F)F)n(-c3cc(Cl)nc(SC)n3)c2c1. The molecule has 5 nitrogen and oxygen atoms in total. The number of fused-ring (bicyclic) bond motifs is 1. The minimum Gasteiger partial charge on any atom is -0.497 e. The molecular formula is C14H11ClF2N4OS. The van der Waals surface area contributed by atoms with Crippen LogP contribution in [0.4, 0.5) is 8.78 Å². The summed E-state index contributed by atoms with van der Waals surface area (Å²) in [5, 5.41) is 0.557. The lowest BCUT2D eigenvalue weighted by Crippen LogP contribution is -2.05. The van der Waals surface area contributed by atoms with E-state index in [0.29, 0.717) is 21.9 Å². The van der Waals surface area contributed by atoms with Crippen LogP contribution in [0.15, 0.2) is 29.4 Å². The Balaban J connectivity index is 2.33. The standard InChI is InChI=1S/C14H11ClF2N4OS/c1-22-7-3-4-8-9(5-7)21(13(18-8)12(16)17)11-6-10(15)19-14(20-11)23-2/h3-6,12H,1-2H3. The second-order valence-electron chi connectivity index (χ2n) is 4.50. The molecule has 0 aliphatic carbocycles. The number of hydrogen-bond acceptors (Lipinski definition) is 5. The van der Waals surface area contributed by atoms with Crippen molar-refractivity contribution in [3.63, 3.8) is 0 Å². The molecule has 9 heteroatoms. The maximum Gasteiger partial charge on any atom is 0.296 e. The van der Waals surface area contributed by atoms with Gasteiger partial charge in [-0.3, -0.25) is 4.57 Å². The second-order valence-corrected chi connectivity index (χ2v) is 5.66. The Labute approximate surface area is 139 Å². The van der Waals surface area contributed by atoms with Gasteiger partial charge in [-0.05, 0) is 18.4 Å². The summed E-state index contributed by atoms with van der Waals surface area (Å²) in [4.78, 5) is 12.3. The van der Waals surface area contributed by atoms with Gasteiger partial charge in [0.25, 0.3) is 6.43 Å². The van der Waals surface area contributed by atoms with E-state index in [1.807, 2.05) is 0 Å². The van der Waals surface area contributed by atoms with Crippen LogP contribution in [0.25, 0.3) is 16.9 Å². The predicted molar refractivity (Wildman–Crippen MR) is 85.0 cm³/mol. The summed E-state index contributed by atoms with van der Waals surface area (Å²) in [6.45, 7) is 0. The number of nitrogens with zero attached hydrogens (tertiary/aromatic N) is 4. The average molecular weight is 357 g/mol. The number of rotatable bonds is 4. The Morgan fingerprint density at radius 2 is 2.00 bits per heavy atom. The van der Waals surface area contributed by atoms with E-state index >= 15 is 0 Å². The lowest BCUT2D eigenvalue weighted by Gasteiger charge is -2.09. The largest absolute Gasteiger partial charge is 0.497 e. The first-order chi connectivity index (χ1) is 11.0. The first-order valence-corrected chi connectivity index (χ1v) is 8.07. The van der Waals surface area contributed by atoms with Crippen LogP contribution < -0.4 is 4.74 Å². The highest BCUT2D eigenvalue weighted by molar-refractivity contribution is 7.98. The van der Waals surface area contributed by atoms with E-state index in [-0.39, 0.29) is 11.0 Å². The van der Waals surface area contributed by atoms with Crippen LogP contribution in [-0.2, 0) is 0 Å². The fourth-order valence-corrected chi connectivity index (χ4v) is 2.78. The maximum absolute atomic E-state index is 13.4. The first kappa shape index (κ1) is 15.9. The highest BCUT2D eigenvalue weighted by Gasteiger charge is 2.22. The molecule has 0 fully saturated rings. The quantitative estimate of drug-likeness (QED) is 0.399. The van der Waals surface area contributed by atoms with Gasteiger partial charge in [0.1, 0.15) is 16.7 Å². The van der Waals surface area contributed by atoms with Gasteiger partial charge in [0, 0.05) is 12.1 Å². The normalized spacial score (nSPS) is 11.4. The number of thioether (sulfide) groups is 1. The third kappa shape index (κ3) is 2.96. The zero-order valence-corrected chi connectivity index (χ0v) is 13.7. The number of ether oxygens (including phenoxy) is 1. The third-order valence-corrected chi connectivity index (χ3v) is 3.90. The molecule has 3 aromatic rings. The zero-order chi connectivity index (χ0) is 16.6. The highest BCUT2D eigenvalue weighted by Crippen LogP contribution is 2.30. The van der Waals surface area contributed by atoms with Crippen molar-refractivity contribution >= 4 is 34.4 Å². The van der Waals surface area contributed by atoms with Crippen molar-refractivity contribution < 1.29 is 13.5 Å². The van der Waals surface area contributed by atoms with Gasteiger partial charge in [-0.25, -0.2) is 23.7 Å². The topological polar surface area (TPSA) is 52.8 Å². The van der Waals surface area contributed by atoms with Gasteiger partial charge in [0.2, 0.25) is 0 Å². The zero-order valence-electron chi connectivity index (χ0n) is 12.1. The second kappa shape index (κ2) is 6.29. The lowest BCUT2D eigenvalue weighted by atomic mass is 10.3. The van der Waals surface area contributed by atoms with Crippen LogP contribution in [0.2, 0.25) is 5.15 Å². The van der Waals surface area contributed by atoms with E-state index < -0.39 is 12.2 Å². The molecule has 0 aliphatic heterocycles. The van der Waals surface area contributed by atoms with E-state index in [1.165, 1.54) is 29.5 Å². The molecule has 0 spiro atoms. The molecule has 0 radical (unpaired) electrons. The van der Waals surface area contributed by atoms with Crippen molar-refractivity contribution in [2.24, 2.45) is 0 Å². The summed E-state index contributed by atoms with van der Waals surface area (Å²) in [5.74, 6) is 0.361. The van der Waals surface area contributed by atoms with Crippen molar-refractivity contribution in [1.29, 1.82) is 0 Å². The fourth-order valence-electron chi connectivity index (χ4n) is 2.18. The number of alkyl halides is 2. The fraction of sp³-hybridized carbons (Fsp3) is 0.214. The molecule has 3 rings (SSSR count). The van der Waals surface area contributed by atoms with E-state index in [2.05, 4.69) is 15.0 Å². The highest BCUT2D eigenvalue weighted by atomic mass is 35.5. The van der Waals surface area contributed by atoms with E-state index in [0.717, 1.165) is 0 Å². The molecule has 0 saturated heterocycles. The monoisotopic (exact) mass is 356 g/mol. The molecule has 2 heterocycles. The predicted octanol–water partition coefficient (Wildman–Crippen LogP) is 4.14. The number of halogens is 3. The van der Waals surface area contributed by atoms with Gasteiger partial charge in [-0.2, -0.15) is 0 Å². The number of hydrogen-bond donors (Lipinski definition) is 0. The summed E-state index contributed by atoms with van der Waals surface area (Å²) in [5.41, 5.74) is 0.878. The average Bonchev–Trinajstić information content (AvgIpc) is 2.92. The summed E-state index contributed by atoms with van der Waals surface area (Å²) in [6, 6.07) is 6.33. The van der Waals surface area contributed by atoms with Gasteiger partial charge in [-0.15, -0.1) is 0 Å². The van der Waals surface area contributed by atoms with Crippen molar-refractivity contribution in [3.05, 3.63) is 35.2 Å². The molecule has 0 atom stereocenters. The van der Waals surface area contributed by atoms with Crippen LogP contribution in [0, 0.1) is 0 Å². The van der Waals surface area contributed by atoms with Gasteiger partial charge >= 0.3 is 0 Å². The molecule has 1 aromatic carbocycles. The third-order valence-electron chi connectivity index (χ3n) is 3.16. The molecule has 0 aliphatic rings. The van der Waals surface area contributed by atoms with Crippen molar-refractivity contribution in [2.45, 2.75) is 11.6 Å². The van der Waals surface area contributed by atoms with E-state index in [4.69, 9.17) is 16.3 Å². The molecule has 120 valence electrons. The van der Waals surface area contributed by atoms with Crippen molar-refractivity contribution in [1.82, 2.24) is 19.5 Å². The molecule has 0 N–H and O–H groups in total. The lowest BCUT2D eigenvalue weighted by molar-refractivity contribution is 0.139. The smallest absolute Gasteiger partial charge is 0.296 e. The van der Waals surface area contributed by atoms with Crippen LogP contribution in [0.5, 0.6) is 5.75 Å². The molecule has 2 aromatic heterocycles.